The third-order valence-electron chi connectivity index (χ3n) is 4.29. The second-order valence-corrected chi connectivity index (χ2v) is 6.50. The molecule has 0 amide bonds. The molecule has 0 heterocycles. The van der Waals surface area contributed by atoms with E-state index in [9.17, 15) is 22.8 Å². The lowest BCUT2D eigenvalue weighted by Gasteiger charge is -2.32. The number of hydrogen-bond donors (Lipinski definition) is 1. The van der Waals surface area contributed by atoms with E-state index in [0.29, 0.717) is 6.42 Å². The van der Waals surface area contributed by atoms with E-state index in [-0.39, 0.29) is 6.42 Å². The summed E-state index contributed by atoms with van der Waals surface area (Å²) in [5, 5.41) is -1.53. The van der Waals surface area contributed by atoms with Gasteiger partial charge in [-0.2, -0.15) is 8.42 Å². The Bertz CT molecular complexity index is 543. The molecule has 0 aromatic carbocycles. The number of hydrogen-bond acceptors (Lipinski definition) is 5. The van der Waals surface area contributed by atoms with E-state index < -0.39 is 43.5 Å². The predicted molar refractivity (Wildman–Crippen MR) is 55.5 cm³/mol. The van der Waals surface area contributed by atoms with Gasteiger partial charge in [0.25, 0.3) is 5.12 Å². The largest absolute Gasteiger partial charge is 0.329 e. The van der Waals surface area contributed by atoms with Crippen molar-refractivity contribution in [3.63, 3.8) is 0 Å². The molecule has 0 radical (unpaired) electrons. The molecule has 2 bridgehead atoms. The monoisotopic (exact) mass is 260 g/mol. The van der Waals surface area contributed by atoms with Gasteiger partial charge in [-0.05, 0) is 18.3 Å². The predicted octanol–water partition coefficient (Wildman–Crippen LogP) is -0.0248. The van der Waals surface area contributed by atoms with Crippen molar-refractivity contribution < 1.29 is 27.4 Å². The van der Waals surface area contributed by atoms with Gasteiger partial charge in [-0.15, -0.1) is 0 Å². The van der Waals surface area contributed by atoms with Crippen molar-refractivity contribution in [1.82, 2.24) is 0 Å². The van der Waals surface area contributed by atoms with E-state index in [2.05, 4.69) is 0 Å². The van der Waals surface area contributed by atoms with Crippen molar-refractivity contribution in [3.05, 3.63) is 0 Å². The zero-order valence-electron chi connectivity index (χ0n) is 9.39. The smallest absolute Gasteiger partial charge is 0.291 e. The summed E-state index contributed by atoms with van der Waals surface area (Å²) in [5.74, 6) is -2.29. The second-order valence-electron chi connectivity index (χ2n) is 5.17. The van der Waals surface area contributed by atoms with Gasteiger partial charge in [0.15, 0.2) is 0 Å². The molecule has 0 aromatic heterocycles. The van der Waals surface area contributed by atoms with E-state index in [1.807, 2.05) is 0 Å². The summed E-state index contributed by atoms with van der Waals surface area (Å²) in [7, 11) is -4.97. The molecular weight excluding hydrogens is 248 g/mol. The first-order chi connectivity index (χ1) is 7.57. The zero-order chi connectivity index (χ0) is 13.2. The van der Waals surface area contributed by atoms with Crippen LogP contribution in [0.3, 0.4) is 0 Å². The minimum Gasteiger partial charge on any atom is -0.291 e. The molecule has 17 heavy (non-hydrogen) atoms. The van der Waals surface area contributed by atoms with Crippen LogP contribution in [0.4, 0.5) is 0 Å². The molecule has 1 N–H and O–H groups in total. The van der Waals surface area contributed by atoms with Gasteiger partial charge in [-0.3, -0.25) is 18.9 Å². The number of Topliss-reactive ketones (excluding diaryl/α,β-unsaturated/α-hetero) is 2. The van der Waals surface area contributed by atoms with Gasteiger partial charge in [0.05, 0.1) is 0 Å². The fourth-order valence-corrected chi connectivity index (χ4v) is 4.15. The summed E-state index contributed by atoms with van der Waals surface area (Å²) in [6.45, 7) is 3.05. The quantitative estimate of drug-likeness (QED) is 0.403. The first kappa shape index (κ1) is 12.4. The maximum absolute atomic E-state index is 11.8. The van der Waals surface area contributed by atoms with Crippen LogP contribution >= 0.6 is 0 Å². The molecule has 2 aliphatic rings. The van der Waals surface area contributed by atoms with Gasteiger partial charge in [0.2, 0.25) is 11.6 Å². The topological polar surface area (TPSA) is 106 Å². The number of fused-ring (bicyclic) bond motifs is 2. The van der Waals surface area contributed by atoms with E-state index in [0.717, 1.165) is 0 Å². The third kappa shape index (κ3) is 1.18. The van der Waals surface area contributed by atoms with Gasteiger partial charge in [-0.1, -0.05) is 13.8 Å². The SMILES string of the molecule is CC1(C)C2CCC1(C(=O)S(=O)(=O)O)C(=O)C2=O. The molecule has 0 spiro atoms. The van der Waals surface area contributed by atoms with Crippen molar-refractivity contribution in [2.45, 2.75) is 26.7 Å². The number of rotatable bonds is 1. The number of carbonyl (C=O) groups is 3. The van der Waals surface area contributed by atoms with Crippen molar-refractivity contribution in [2.24, 2.45) is 16.7 Å². The lowest BCUT2D eigenvalue weighted by molar-refractivity contribution is -0.145. The van der Waals surface area contributed by atoms with Gasteiger partial charge in [0, 0.05) is 5.92 Å². The Morgan fingerprint density at radius 1 is 1.35 bits per heavy atom. The normalized spacial score (nSPS) is 35.4. The zero-order valence-corrected chi connectivity index (χ0v) is 10.2. The fraction of sp³-hybridized carbons (Fsp3) is 0.700. The summed E-state index contributed by atoms with van der Waals surface area (Å²) >= 11 is 0. The van der Waals surface area contributed by atoms with Crippen LogP contribution < -0.4 is 0 Å². The average molecular weight is 260 g/mol. The van der Waals surface area contributed by atoms with Gasteiger partial charge < -0.3 is 0 Å². The van der Waals surface area contributed by atoms with Crippen molar-refractivity contribution in [3.8, 4) is 0 Å². The van der Waals surface area contributed by atoms with Gasteiger partial charge in [-0.25, -0.2) is 0 Å². The van der Waals surface area contributed by atoms with E-state index in [1.165, 1.54) is 13.8 Å². The summed E-state index contributed by atoms with van der Waals surface area (Å²) < 4.78 is 30.8. The Labute approximate surface area is 98.1 Å². The highest BCUT2D eigenvalue weighted by molar-refractivity contribution is 8.01. The highest BCUT2D eigenvalue weighted by Gasteiger charge is 2.74. The van der Waals surface area contributed by atoms with E-state index in [4.69, 9.17) is 4.55 Å². The van der Waals surface area contributed by atoms with Crippen LogP contribution in [0, 0.1) is 16.7 Å². The summed E-state index contributed by atoms with van der Waals surface area (Å²) in [5.41, 5.74) is -2.93. The highest BCUT2D eigenvalue weighted by Crippen LogP contribution is 2.63. The Morgan fingerprint density at radius 3 is 2.24 bits per heavy atom. The molecule has 2 saturated carbocycles. The van der Waals surface area contributed by atoms with Crippen LogP contribution in [-0.4, -0.2) is 29.7 Å². The van der Waals surface area contributed by atoms with Crippen LogP contribution in [0.15, 0.2) is 0 Å². The van der Waals surface area contributed by atoms with Crippen molar-refractivity contribution >= 4 is 26.8 Å². The second kappa shape index (κ2) is 3.02. The molecule has 0 aromatic rings. The van der Waals surface area contributed by atoms with Crippen LogP contribution in [0.5, 0.6) is 0 Å². The Morgan fingerprint density at radius 2 is 1.88 bits per heavy atom. The lowest BCUT2D eigenvalue weighted by Crippen LogP contribution is -2.47. The maximum atomic E-state index is 11.8. The van der Waals surface area contributed by atoms with Gasteiger partial charge >= 0.3 is 10.1 Å². The third-order valence-corrected chi connectivity index (χ3v) is 5.11. The number of ketones is 2. The van der Waals surface area contributed by atoms with Crippen LogP contribution in [-0.2, 0) is 24.5 Å². The Hall–Kier alpha value is -1.08. The molecule has 94 valence electrons. The van der Waals surface area contributed by atoms with Crippen molar-refractivity contribution in [2.75, 3.05) is 0 Å². The molecular formula is C10H12O6S. The molecule has 2 fully saturated rings. The summed E-state index contributed by atoms with van der Waals surface area (Å²) in [6.07, 6.45) is 0.312. The fourth-order valence-electron chi connectivity index (χ4n) is 3.25. The standard InChI is InChI=1S/C10H12O6S/c1-9(2)5-3-4-10(9,7(12)6(5)11)8(13)17(14,15)16/h5H,3-4H2,1-2H3,(H,14,15,16). The van der Waals surface area contributed by atoms with Crippen LogP contribution in [0.2, 0.25) is 0 Å². The molecule has 7 heteroatoms. The molecule has 0 aliphatic heterocycles. The molecule has 2 aliphatic carbocycles. The van der Waals surface area contributed by atoms with Crippen LogP contribution in [0.25, 0.3) is 0 Å². The Balaban J connectivity index is 2.68. The first-order valence-electron chi connectivity index (χ1n) is 5.17. The average Bonchev–Trinajstić information content (AvgIpc) is 2.52. The first-order valence-corrected chi connectivity index (χ1v) is 6.61. The Kier molecular flexibility index (Phi) is 2.20. The van der Waals surface area contributed by atoms with E-state index in [1.54, 1.807) is 0 Å². The lowest BCUT2D eigenvalue weighted by atomic mass is 9.70. The minimum absolute atomic E-state index is 0.00780. The molecule has 2 atom stereocenters. The van der Waals surface area contributed by atoms with Gasteiger partial charge in [0.1, 0.15) is 5.41 Å². The molecule has 0 saturated heterocycles. The van der Waals surface area contributed by atoms with E-state index >= 15 is 0 Å². The highest BCUT2D eigenvalue weighted by atomic mass is 32.2. The van der Waals surface area contributed by atoms with Crippen molar-refractivity contribution in [1.29, 1.82) is 0 Å². The molecule has 6 nitrogen and oxygen atoms in total. The maximum Gasteiger partial charge on any atom is 0.329 e. The minimum atomic E-state index is -4.97. The molecule has 2 rings (SSSR count). The van der Waals surface area contributed by atoms with Crippen LogP contribution in [0.1, 0.15) is 26.7 Å². The summed E-state index contributed by atoms with van der Waals surface area (Å²) in [4.78, 5) is 35.3. The molecule has 2 unspecified atom stereocenters. The summed E-state index contributed by atoms with van der Waals surface area (Å²) in [6, 6.07) is 0. The number of carbonyl (C=O) groups excluding carboxylic acids is 3.